The highest BCUT2D eigenvalue weighted by Crippen LogP contribution is 2.34. The molecule has 3 aliphatic heterocycles. The minimum absolute atomic E-state index is 0.00159. The van der Waals surface area contributed by atoms with E-state index in [2.05, 4.69) is 9.88 Å². The van der Waals surface area contributed by atoms with E-state index in [0.29, 0.717) is 31.5 Å². The lowest BCUT2D eigenvalue weighted by Gasteiger charge is -2.40. The van der Waals surface area contributed by atoms with E-state index in [1.165, 1.54) is 19.3 Å². The van der Waals surface area contributed by atoms with Crippen molar-refractivity contribution >= 4 is 11.8 Å². The fourth-order valence-electron chi connectivity index (χ4n) is 4.62. The number of likely N-dealkylation sites (N-methyl/N-ethyl adjacent to an activating group) is 1. The van der Waals surface area contributed by atoms with E-state index in [4.69, 9.17) is 0 Å². The normalized spacial score (nSPS) is 25.6. The Kier molecular flexibility index (Phi) is 5.43. The number of aromatic nitrogens is 1. The van der Waals surface area contributed by atoms with Crippen molar-refractivity contribution in [2.24, 2.45) is 11.8 Å². The van der Waals surface area contributed by atoms with E-state index < -0.39 is 0 Å². The summed E-state index contributed by atoms with van der Waals surface area (Å²) in [6, 6.07) is 4.17. The van der Waals surface area contributed by atoms with Crippen LogP contribution in [-0.2, 0) is 16.1 Å². The molecule has 2 atom stereocenters. The Morgan fingerprint density at radius 1 is 1.19 bits per heavy atom. The van der Waals surface area contributed by atoms with Crippen molar-refractivity contribution < 1.29 is 9.59 Å². The van der Waals surface area contributed by atoms with Crippen LogP contribution in [0.4, 0.5) is 0 Å². The number of hydrogen-bond donors (Lipinski definition) is 0. The van der Waals surface area contributed by atoms with Crippen LogP contribution >= 0.6 is 0 Å². The average Bonchev–Trinajstić information content (AvgIpc) is 2.90. The van der Waals surface area contributed by atoms with Gasteiger partial charge in [0, 0.05) is 44.6 Å². The first kappa shape index (κ1) is 18.4. The van der Waals surface area contributed by atoms with Crippen molar-refractivity contribution in [3.05, 3.63) is 30.1 Å². The fourth-order valence-corrected chi connectivity index (χ4v) is 4.62. The van der Waals surface area contributed by atoms with Gasteiger partial charge in [0.2, 0.25) is 11.8 Å². The zero-order valence-corrected chi connectivity index (χ0v) is 16.2. The van der Waals surface area contributed by atoms with Crippen LogP contribution < -0.4 is 0 Å². The molecule has 2 amide bonds. The molecule has 0 unspecified atom stereocenters. The van der Waals surface area contributed by atoms with Gasteiger partial charge in [-0.25, -0.2) is 0 Å². The summed E-state index contributed by atoms with van der Waals surface area (Å²) >= 11 is 0. The van der Waals surface area contributed by atoms with E-state index in [9.17, 15) is 9.59 Å². The average molecular weight is 370 g/mol. The summed E-state index contributed by atoms with van der Waals surface area (Å²) in [5.74, 6) is 1.11. The standard InChI is InChI=1S/C21H30N4O2/c1-23(11-17-7-9-22-10-8-17)15-20(26)24-13-18-5-6-19(14-24)25(21(18)27)12-16-3-2-4-16/h7-10,16,18-19H,2-6,11-15H2,1H3/t18-,19+/m1/s1. The Morgan fingerprint density at radius 2 is 1.96 bits per heavy atom. The van der Waals surface area contributed by atoms with Crippen LogP contribution in [-0.4, -0.2) is 70.8 Å². The molecule has 1 aliphatic carbocycles. The molecule has 2 bridgehead atoms. The number of hydrogen-bond acceptors (Lipinski definition) is 4. The van der Waals surface area contributed by atoms with Gasteiger partial charge in [-0.3, -0.25) is 19.5 Å². The number of nitrogens with zero attached hydrogens (tertiary/aromatic N) is 4. The zero-order valence-electron chi connectivity index (χ0n) is 16.2. The highest BCUT2D eigenvalue weighted by Gasteiger charge is 2.42. The Balaban J connectivity index is 1.36. The summed E-state index contributed by atoms with van der Waals surface area (Å²) in [5, 5.41) is 0. The number of carbonyl (C=O) groups is 2. The van der Waals surface area contributed by atoms with Gasteiger partial charge in [-0.1, -0.05) is 6.42 Å². The maximum Gasteiger partial charge on any atom is 0.236 e. The van der Waals surface area contributed by atoms with E-state index in [-0.39, 0.29) is 17.9 Å². The van der Waals surface area contributed by atoms with Crippen molar-refractivity contribution in [3.8, 4) is 0 Å². The van der Waals surface area contributed by atoms with Crippen LogP contribution in [0.25, 0.3) is 0 Å². The number of rotatable bonds is 6. The molecule has 4 heterocycles. The lowest BCUT2D eigenvalue weighted by Crippen LogP contribution is -2.50. The molecule has 6 nitrogen and oxygen atoms in total. The van der Waals surface area contributed by atoms with Crippen molar-refractivity contribution in [2.45, 2.75) is 44.7 Å². The molecule has 1 aromatic rings. The van der Waals surface area contributed by atoms with Gasteiger partial charge in [0.25, 0.3) is 0 Å². The van der Waals surface area contributed by atoms with E-state index in [1.54, 1.807) is 12.4 Å². The Morgan fingerprint density at radius 3 is 2.67 bits per heavy atom. The molecule has 146 valence electrons. The third-order valence-corrected chi connectivity index (χ3v) is 6.43. The van der Waals surface area contributed by atoms with Gasteiger partial charge in [0.05, 0.1) is 12.5 Å². The van der Waals surface area contributed by atoms with E-state index >= 15 is 0 Å². The summed E-state index contributed by atoms with van der Waals surface area (Å²) < 4.78 is 0. The molecule has 27 heavy (non-hydrogen) atoms. The van der Waals surface area contributed by atoms with Crippen molar-refractivity contribution in [2.75, 3.05) is 33.2 Å². The second-order valence-corrected chi connectivity index (χ2v) is 8.54. The van der Waals surface area contributed by atoms with Gasteiger partial charge in [-0.2, -0.15) is 0 Å². The van der Waals surface area contributed by atoms with Crippen LogP contribution in [0.15, 0.2) is 24.5 Å². The Hall–Kier alpha value is -1.95. The number of pyridine rings is 1. The van der Waals surface area contributed by atoms with Gasteiger partial charge < -0.3 is 9.80 Å². The summed E-state index contributed by atoms with van der Waals surface area (Å²) in [6.07, 6.45) is 9.34. The quantitative estimate of drug-likeness (QED) is 0.766. The van der Waals surface area contributed by atoms with Crippen LogP contribution in [0.2, 0.25) is 0 Å². The molecular weight excluding hydrogens is 340 g/mol. The summed E-state index contributed by atoms with van der Waals surface area (Å²) in [4.78, 5) is 35.9. The lowest BCUT2D eigenvalue weighted by molar-refractivity contribution is -0.141. The molecule has 5 rings (SSSR count). The van der Waals surface area contributed by atoms with Crippen LogP contribution in [0.3, 0.4) is 0 Å². The first-order valence-corrected chi connectivity index (χ1v) is 10.3. The van der Waals surface area contributed by atoms with Crippen LogP contribution in [0.1, 0.15) is 37.7 Å². The molecule has 0 radical (unpaired) electrons. The molecular formula is C21H30N4O2. The predicted octanol–water partition coefficient (Wildman–Crippen LogP) is 1.76. The SMILES string of the molecule is CN(CC(=O)N1C[C@H]2CC[C@@H](C1)N(CC1CCC1)C2=O)Cc1ccncc1. The van der Waals surface area contributed by atoms with E-state index in [0.717, 1.165) is 31.5 Å². The van der Waals surface area contributed by atoms with Crippen molar-refractivity contribution in [1.82, 2.24) is 19.7 Å². The molecule has 1 aromatic heterocycles. The second-order valence-electron chi connectivity index (χ2n) is 8.54. The first-order valence-electron chi connectivity index (χ1n) is 10.3. The van der Waals surface area contributed by atoms with Crippen molar-refractivity contribution in [1.29, 1.82) is 0 Å². The Labute approximate surface area is 161 Å². The minimum Gasteiger partial charge on any atom is -0.339 e. The number of piperidine rings is 1. The van der Waals surface area contributed by atoms with Crippen LogP contribution in [0.5, 0.6) is 0 Å². The van der Waals surface area contributed by atoms with Gasteiger partial charge in [0.1, 0.15) is 0 Å². The Bertz CT molecular complexity index is 676. The lowest BCUT2D eigenvalue weighted by atomic mass is 9.83. The number of carbonyl (C=O) groups excluding carboxylic acids is 2. The summed E-state index contributed by atoms with van der Waals surface area (Å²) in [6.45, 7) is 3.32. The maximum atomic E-state index is 12.9. The van der Waals surface area contributed by atoms with Gasteiger partial charge in [-0.05, 0) is 56.3 Å². The van der Waals surface area contributed by atoms with Crippen molar-refractivity contribution in [3.63, 3.8) is 0 Å². The molecule has 4 aliphatic rings. The highest BCUT2D eigenvalue weighted by atomic mass is 16.2. The third-order valence-electron chi connectivity index (χ3n) is 6.43. The van der Waals surface area contributed by atoms with Gasteiger partial charge >= 0.3 is 0 Å². The van der Waals surface area contributed by atoms with E-state index in [1.807, 2.05) is 29.0 Å². The maximum absolute atomic E-state index is 12.9. The van der Waals surface area contributed by atoms with Crippen LogP contribution in [0, 0.1) is 11.8 Å². The summed E-state index contributed by atoms with van der Waals surface area (Å²) in [7, 11) is 1.97. The molecule has 0 aromatic carbocycles. The monoisotopic (exact) mass is 370 g/mol. The predicted molar refractivity (Wildman–Crippen MR) is 103 cm³/mol. The first-order chi connectivity index (χ1) is 13.1. The number of amides is 2. The van der Waals surface area contributed by atoms with Gasteiger partial charge in [-0.15, -0.1) is 0 Å². The highest BCUT2D eigenvalue weighted by molar-refractivity contribution is 5.83. The molecule has 0 spiro atoms. The molecule has 3 saturated heterocycles. The summed E-state index contributed by atoms with van der Waals surface area (Å²) in [5.41, 5.74) is 1.15. The topological polar surface area (TPSA) is 56.8 Å². The molecule has 4 fully saturated rings. The number of fused-ring (bicyclic) bond motifs is 4. The fraction of sp³-hybridized carbons (Fsp3) is 0.667. The minimum atomic E-state index is -0.00159. The third kappa shape index (κ3) is 4.15. The zero-order chi connectivity index (χ0) is 18.8. The smallest absolute Gasteiger partial charge is 0.236 e. The second kappa shape index (κ2) is 7.97. The molecule has 1 saturated carbocycles. The van der Waals surface area contributed by atoms with Gasteiger partial charge in [0.15, 0.2) is 0 Å². The molecule has 0 N–H and O–H groups in total. The largest absolute Gasteiger partial charge is 0.339 e. The molecule has 6 heteroatoms.